The topological polar surface area (TPSA) is 49.8 Å². The van der Waals surface area contributed by atoms with Gasteiger partial charge in [-0.15, -0.1) is 0 Å². The Labute approximate surface area is 242 Å². The van der Waals surface area contributed by atoms with Gasteiger partial charge in [0.25, 0.3) is 5.56 Å². The van der Waals surface area contributed by atoms with E-state index in [1.165, 1.54) is 24.5 Å². The number of rotatable bonds is 7. The van der Waals surface area contributed by atoms with Gasteiger partial charge in [-0.1, -0.05) is 72.8 Å². The van der Waals surface area contributed by atoms with Crippen LogP contribution in [-0.4, -0.2) is 9.55 Å². The maximum absolute atomic E-state index is 14.7. The standard InChI is InChI=1S/C36H31F2N3O/c1-21-26-12-4-6-16-30(26)41(2)36(42)31(21)32(24-10-7-9-23(19-24)22-17-18-22)35-34(27-13-3-5-15-29(27)40-35)39-20-25-11-8-14-28(37)33(25)38/h3-16,19,22,32,39-40H,17-18,20H2,1-2H3. The van der Waals surface area contributed by atoms with Gasteiger partial charge in [0.15, 0.2) is 11.6 Å². The number of halogens is 2. The predicted molar refractivity (Wildman–Crippen MR) is 165 cm³/mol. The van der Waals surface area contributed by atoms with Crippen molar-refractivity contribution in [3.8, 4) is 0 Å². The number of hydrogen-bond acceptors (Lipinski definition) is 2. The second kappa shape index (κ2) is 10.3. The molecule has 4 aromatic carbocycles. The van der Waals surface area contributed by atoms with E-state index in [4.69, 9.17) is 0 Å². The van der Waals surface area contributed by atoms with Crippen molar-refractivity contribution in [2.75, 3.05) is 5.32 Å². The van der Waals surface area contributed by atoms with E-state index in [1.807, 2.05) is 56.4 Å². The summed E-state index contributed by atoms with van der Waals surface area (Å²) in [5, 5.41) is 5.37. The molecule has 210 valence electrons. The zero-order valence-corrected chi connectivity index (χ0v) is 23.5. The third kappa shape index (κ3) is 4.38. The Hall–Kier alpha value is -4.71. The number of fused-ring (bicyclic) bond motifs is 2. The molecule has 1 saturated carbocycles. The van der Waals surface area contributed by atoms with Crippen LogP contribution in [0.25, 0.3) is 21.8 Å². The number of anilines is 1. The van der Waals surface area contributed by atoms with Crippen LogP contribution in [0.5, 0.6) is 0 Å². The largest absolute Gasteiger partial charge is 0.379 e. The molecule has 4 nitrogen and oxygen atoms in total. The van der Waals surface area contributed by atoms with Crippen molar-refractivity contribution in [3.05, 3.63) is 146 Å². The Morgan fingerprint density at radius 1 is 0.929 bits per heavy atom. The van der Waals surface area contributed by atoms with E-state index >= 15 is 0 Å². The summed E-state index contributed by atoms with van der Waals surface area (Å²) in [6.07, 6.45) is 2.34. The molecule has 0 saturated heterocycles. The summed E-state index contributed by atoms with van der Waals surface area (Å²) in [6, 6.07) is 28.7. The maximum atomic E-state index is 14.7. The van der Waals surface area contributed by atoms with Crippen molar-refractivity contribution in [2.24, 2.45) is 7.05 Å². The monoisotopic (exact) mass is 559 g/mol. The van der Waals surface area contributed by atoms with Crippen LogP contribution in [0, 0.1) is 18.6 Å². The van der Waals surface area contributed by atoms with Gasteiger partial charge in [0.2, 0.25) is 0 Å². The minimum absolute atomic E-state index is 0.0613. The zero-order valence-electron chi connectivity index (χ0n) is 23.5. The van der Waals surface area contributed by atoms with Gasteiger partial charge in [-0.25, -0.2) is 8.78 Å². The summed E-state index contributed by atoms with van der Waals surface area (Å²) >= 11 is 0. The SMILES string of the molecule is Cc1c(C(c2cccc(C3CC3)c2)c2[nH]c3ccccc3c2NCc2cccc(F)c2F)c(=O)n(C)c2ccccc12. The normalized spacial score (nSPS) is 14.0. The lowest BCUT2D eigenvalue weighted by Gasteiger charge is -2.24. The molecular formula is C36H31F2N3O. The van der Waals surface area contributed by atoms with Crippen LogP contribution in [-0.2, 0) is 13.6 Å². The second-order valence-electron chi connectivity index (χ2n) is 11.3. The van der Waals surface area contributed by atoms with Crippen LogP contribution in [0.1, 0.15) is 58.2 Å². The fourth-order valence-corrected chi connectivity index (χ4v) is 6.34. The molecule has 1 aliphatic rings. The van der Waals surface area contributed by atoms with Gasteiger partial charge in [-0.3, -0.25) is 4.79 Å². The van der Waals surface area contributed by atoms with Crippen molar-refractivity contribution < 1.29 is 8.78 Å². The average molecular weight is 560 g/mol. The molecule has 0 spiro atoms. The highest BCUT2D eigenvalue weighted by Crippen LogP contribution is 2.44. The number of nitrogens with zero attached hydrogens (tertiary/aromatic N) is 1. The molecule has 6 heteroatoms. The lowest BCUT2D eigenvalue weighted by Crippen LogP contribution is -2.27. The summed E-state index contributed by atoms with van der Waals surface area (Å²) in [4.78, 5) is 17.9. The van der Waals surface area contributed by atoms with E-state index in [2.05, 4.69) is 40.6 Å². The molecule has 0 aliphatic heterocycles. The Balaban J connectivity index is 1.48. The lowest BCUT2D eigenvalue weighted by molar-refractivity contribution is 0.500. The average Bonchev–Trinajstić information content (AvgIpc) is 3.81. The number of benzene rings is 4. The molecule has 2 N–H and O–H groups in total. The first kappa shape index (κ1) is 26.2. The van der Waals surface area contributed by atoms with E-state index in [0.717, 1.165) is 50.4 Å². The van der Waals surface area contributed by atoms with Gasteiger partial charge < -0.3 is 14.9 Å². The summed E-state index contributed by atoms with van der Waals surface area (Å²) in [5.41, 5.74) is 7.44. The molecule has 1 unspecified atom stereocenters. The number of aryl methyl sites for hydroxylation is 2. The van der Waals surface area contributed by atoms with Gasteiger partial charge >= 0.3 is 0 Å². The first-order valence-electron chi connectivity index (χ1n) is 14.4. The molecular weight excluding hydrogens is 528 g/mol. The van der Waals surface area contributed by atoms with Crippen LogP contribution in [0.2, 0.25) is 0 Å². The first-order chi connectivity index (χ1) is 20.4. The van der Waals surface area contributed by atoms with E-state index in [-0.39, 0.29) is 17.7 Å². The highest BCUT2D eigenvalue weighted by molar-refractivity contribution is 5.95. The second-order valence-corrected chi connectivity index (χ2v) is 11.3. The van der Waals surface area contributed by atoms with E-state index in [0.29, 0.717) is 11.5 Å². The van der Waals surface area contributed by atoms with Crippen LogP contribution >= 0.6 is 0 Å². The van der Waals surface area contributed by atoms with E-state index in [1.54, 1.807) is 10.6 Å². The summed E-state index contributed by atoms with van der Waals surface area (Å²) in [6.45, 7) is 2.11. The summed E-state index contributed by atoms with van der Waals surface area (Å²) in [5.74, 6) is -1.63. The highest BCUT2D eigenvalue weighted by Gasteiger charge is 2.31. The van der Waals surface area contributed by atoms with Crippen LogP contribution < -0.4 is 10.9 Å². The lowest BCUT2D eigenvalue weighted by atomic mass is 9.84. The van der Waals surface area contributed by atoms with Gasteiger partial charge in [0.05, 0.1) is 22.8 Å². The molecule has 0 radical (unpaired) electrons. The molecule has 6 aromatic rings. The third-order valence-corrected chi connectivity index (χ3v) is 8.70. The molecule has 2 heterocycles. The van der Waals surface area contributed by atoms with Crippen molar-refractivity contribution >= 4 is 27.5 Å². The molecule has 0 bridgehead atoms. The van der Waals surface area contributed by atoms with Gasteiger partial charge in [-0.2, -0.15) is 0 Å². The van der Waals surface area contributed by atoms with Gasteiger partial charge in [-0.05, 0) is 60.6 Å². The zero-order chi connectivity index (χ0) is 29.0. The molecule has 1 aliphatic carbocycles. The molecule has 7 rings (SSSR count). The molecule has 0 amide bonds. The van der Waals surface area contributed by atoms with Crippen LogP contribution in [0.4, 0.5) is 14.5 Å². The summed E-state index contributed by atoms with van der Waals surface area (Å²) < 4.78 is 30.5. The third-order valence-electron chi connectivity index (χ3n) is 8.70. The minimum Gasteiger partial charge on any atom is -0.379 e. The summed E-state index contributed by atoms with van der Waals surface area (Å²) in [7, 11) is 1.82. The Morgan fingerprint density at radius 2 is 1.67 bits per heavy atom. The van der Waals surface area contributed by atoms with Gasteiger partial charge in [0.1, 0.15) is 0 Å². The van der Waals surface area contributed by atoms with Crippen LogP contribution in [0.15, 0.2) is 95.8 Å². The highest BCUT2D eigenvalue weighted by atomic mass is 19.2. The maximum Gasteiger partial charge on any atom is 0.255 e. The predicted octanol–water partition coefficient (Wildman–Crippen LogP) is 8.28. The minimum atomic E-state index is -0.876. The number of pyridine rings is 1. The smallest absolute Gasteiger partial charge is 0.255 e. The van der Waals surface area contributed by atoms with Crippen LogP contribution in [0.3, 0.4) is 0 Å². The van der Waals surface area contributed by atoms with Gasteiger partial charge in [0, 0.05) is 41.0 Å². The number of nitrogens with one attached hydrogen (secondary N) is 2. The molecule has 42 heavy (non-hydrogen) atoms. The number of aromatic amines is 1. The number of aromatic nitrogens is 2. The number of H-pyrrole nitrogens is 1. The first-order valence-corrected chi connectivity index (χ1v) is 14.4. The Bertz CT molecular complexity index is 2040. The molecule has 2 aromatic heterocycles. The quantitative estimate of drug-likeness (QED) is 0.207. The number of hydrogen-bond donors (Lipinski definition) is 2. The molecule has 1 fully saturated rings. The van der Waals surface area contributed by atoms with Crippen molar-refractivity contribution in [1.82, 2.24) is 9.55 Å². The molecule has 1 atom stereocenters. The van der Waals surface area contributed by atoms with E-state index in [9.17, 15) is 13.6 Å². The van der Waals surface area contributed by atoms with Crippen molar-refractivity contribution in [3.63, 3.8) is 0 Å². The van der Waals surface area contributed by atoms with Crippen molar-refractivity contribution in [1.29, 1.82) is 0 Å². The number of para-hydroxylation sites is 2. The Kier molecular flexibility index (Phi) is 6.42. The van der Waals surface area contributed by atoms with Crippen molar-refractivity contribution in [2.45, 2.75) is 38.1 Å². The Morgan fingerprint density at radius 3 is 2.48 bits per heavy atom. The fourth-order valence-electron chi connectivity index (χ4n) is 6.34. The van der Waals surface area contributed by atoms with E-state index < -0.39 is 17.6 Å². The fraction of sp³-hybridized carbons (Fsp3) is 0.194.